The van der Waals surface area contributed by atoms with Gasteiger partial charge in [0.15, 0.2) is 20.7 Å². The standard InChI is InChI=1S/C10H13F3O5S/c1-9(2,10(11,12)13)8(14)18-7-5-3-6(17-7)19(15,16)4-5/h5-7H,3-4H2,1-2H3. The summed E-state index contributed by atoms with van der Waals surface area (Å²) < 4.78 is 70.3. The molecule has 0 aromatic rings. The van der Waals surface area contributed by atoms with Gasteiger partial charge in [0.05, 0.1) is 5.75 Å². The molecule has 0 aromatic heterocycles. The van der Waals surface area contributed by atoms with Crippen LogP contribution in [0.25, 0.3) is 0 Å². The fourth-order valence-corrected chi connectivity index (χ4v) is 3.87. The Labute approximate surface area is 108 Å². The summed E-state index contributed by atoms with van der Waals surface area (Å²) in [5.41, 5.74) is -3.72. The van der Waals surface area contributed by atoms with E-state index < -0.39 is 45.0 Å². The molecule has 0 saturated carbocycles. The number of rotatable bonds is 2. The molecule has 2 heterocycles. The molecule has 0 radical (unpaired) electrons. The Bertz CT molecular complexity index is 496. The van der Waals surface area contributed by atoms with E-state index in [0.717, 1.165) is 0 Å². The normalized spacial score (nSPS) is 33.4. The van der Waals surface area contributed by atoms with Gasteiger partial charge in [0.2, 0.25) is 6.29 Å². The molecule has 2 rings (SSSR count). The van der Waals surface area contributed by atoms with Crippen LogP contribution in [0.5, 0.6) is 0 Å². The molecular formula is C10H13F3O5S. The lowest BCUT2D eigenvalue weighted by Crippen LogP contribution is -2.44. The lowest BCUT2D eigenvalue weighted by Gasteiger charge is -2.29. The Morgan fingerprint density at radius 2 is 1.89 bits per heavy atom. The number of sulfone groups is 1. The molecule has 3 atom stereocenters. The van der Waals surface area contributed by atoms with Crippen molar-refractivity contribution in [1.82, 2.24) is 0 Å². The van der Waals surface area contributed by atoms with E-state index in [2.05, 4.69) is 4.74 Å². The van der Waals surface area contributed by atoms with Crippen LogP contribution in [0, 0.1) is 11.3 Å². The van der Waals surface area contributed by atoms with Crippen LogP contribution in [0.2, 0.25) is 0 Å². The first kappa shape index (κ1) is 14.6. The molecule has 0 N–H and O–H groups in total. The number of hydrogen-bond acceptors (Lipinski definition) is 5. The third-order valence-corrected chi connectivity index (χ3v) is 5.45. The second-order valence-corrected chi connectivity index (χ2v) is 7.47. The molecule has 2 aliphatic rings. The largest absolute Gasteiger partial charge is 0.435 e. The zero-order chi connectivity index (χ0) is 14.6. The quantitative estimate of drug-likeness (QED) is 0.718. The summed E-state index contributed by atoms with van der Waals surface area (Å²) in [6.45, 7) is 1.42. The minimum absolute atomic E-state index is 0.159. The SMILES string of the molecule is CC(C)(C(=O)OC1OC2CC1CS2(=O)=O)C(F)(F)F. The van der Waals surface area contributed by atoms with Crippen LogP contribution in [0.3, 0.4) is 0 Å². The van der Waals surface area contributed by atoms with Gasteiger partial charge in [-0.25, -0.2) is 8.42 Å². The summed E-state index contributed by atoms with van der Waals surface area (Å²) in [6.07, 6.45) is -5.79. The maximum atomic E-state index is 12.6. The van der Waals surface area contributed by atoms with E-state index in [0.29, 0.717) is 13.8 Å². The zero-order valence-electron chi connectivity index (χ0n) is 10.2. The summed E-state index contributed by atoms with van der Waals surface area (Å²) in [7, 11) is -3.36. The number of carbonyl (C=O) groups excluding carboxylic acids is 1. The fourth-order valence-electron chi connectivity index (χ4n) is 1.95. The molecule has 19 heavy (non-hydrogen) atoms. The Morgan fingerprint density at radius 3 is 2.26 bits per heavy atom. The second kappa shape index (κ2) is 4.08. The molecule has 3 unspecified atom stereocenters. The van der Waals surface area contributed by atoms with E-state index in [9.17, 15) is 26.4 Å². The van der Waals surface area contributed by atoms with Crippen LogP contribution in [0.15, 0.2) is 0 Å². The van der Waals surface area contributed by atoms with Crippen molar-refractivity contribution in [2.75, 3.05) is 5.75 Å². The molecule has 2 aliphatic heterocycles. The van der Waals surface area contributed by atoms with Gasteiger partial charge < -0.3 is 9.47 Å². The minimum atomic E-state index is -4.74. The molecule has 110 valence electrons. The number of halogens is 3. The van der Waals surface area contributed by atoms with Gasteiger partial charge in [-0.15, -0.1) is 0 Å². The van der Waals surface area contributed by atoms with Crippen LogP contribution < -0.4 is 0 Å². The topological polar surface area (TPSA) is 69.7 Å². The van der Waals surface area contributed by atoms with E-state index in [1.165, 1.54) is 0 Å². The van der Waals surface area contributed by atoms with E-state index in [-0.39, 0.29) is 12.2 Å². The number of carbonyl (C=O) groups is 1. The summed E-state index contributed by atoms with van der Waals surface area (Å²) in [6, 6.07) is 0. The van der Waals surface area contributed by atoms with Gasteiger partial charge in [0.25, 0.3) is 0 Å². The predicted octanol–water partition coefficient (Wildman–Crippen LogP) is 1.24. The van der Waals surface area contributed by atoms with Crippen molar-refractivity contribution in [3.05, 3.63) is 0 Å². The van der Waals surface area contributed by atoms with Gasteiger partial charge in [-0.2, -0.15) is 13.2 Å². The number of esters is 1. The zero-order valence-corrected chi connectivity index (χ0v) is 11.0. The monoisotopic (exact) mass is 302 g/mol. The van der Waals surface area contributed by atoms with E-state index >= 15 is 0 Å². The van der Waals surface area contributed by atoms with E-state index in [1.807, 2.05) is 0 Å². The maximum absolute atomic E-state index is 12.6. The molecule has 9 heteroatoms. The van der Waals surface area contributed by atoms with E-state index in [4.69, 9.17) is 4.74 Å². The molecular weight excluding hydrogens is 289 g/mol. The van der Waals surface area contributed by atoms with Crippen molar-refractivity contribution in [3.8, 4) is 0 Å². The average Bonchev–Trinajstić information content (AvgIpc) is 2.71. The molecule has 0 aromatic carbocycles. The van der Waals surface area contributed by atoms with Crippen LogP contribution >= 0.6 is 0 Å². The fraction of sp³-hybridized carbons (Fsp3) is 0.900. The highest BCUT2D eigenvalue weighted by Crippen LogP contribution is 2.43. The van der Waals surface area contributed by atoms with Gasteiger partial charge >= 0.3 is 12.1 Å². The summed E-state index contributed by atoms with van der Waals surface area (Å²) in [5, 5.41) is 0. The highest BCUT2D eigenvalue weighted by Gasteiger charge is 2.57. The van der Waals surface area contributed by atoms with Crippen molar-refractivity contribution >= 4 is 15.8 Å². The van der Waals surface area contributed by atoms with Gasteiger partial charge in [-0.3, -0.25) is 4.79 Å². The number of fused-ring (bicyclic) bond motifs is 2. The molecule has 2 fully saturated rings. The van der Waals surface area contributed by atoms with Crippen LogP contribution in [0.1, 0.15) is 20.3 Å². The van der Waals surface area contributed by atoms with Crippen molar-refractivity contribution in [2.24, 2.45) is 11.3 Å². The summed E-state index contributed by atoms with van der Waals surface area (Å²) >= 11 is 0. The molecule has 0 amide bonds. The third-order valence-electron chi connectivity index (χ3n) is 3.46. The van der Waals surface area contributed by atoms with Crippen molar-refractivity contribution in [3.63, 3.8) is 0 Å². The Balaban J connectivity index is 2.04. The molecule has 0 aliphatic carbocycles. The van der Waals surface area contributed by atoms with E-state index in [1.54, 1.807) is 0 Å². The average molecular weight is 302 g/mol. The van der Waals surface area contributed by atoms with Crippen LogP contribution in [-0.2, 0) is 24.1 Å². The van der Waals surface area contributed by atoms with Gasteiger partial charge in [0.1, 0.15) is 0 Å². The van der Waals surface area contributed by atoms with Crippen LogP contribution in [0.4, 0.5) is 13.2 Å². The first-order valence-corrected chi connectivity index (χ1v) is 7.31. The van der Waals surface area contributed by atoms with Gasteiger partial charge in [-0.05, 0) is 20.3 Å². The lowest BCUT2D eigenvalue weighted by atomic mass is 9.93. The summed E-state index contributed by atoms with van der Waals surface area (Å²) in [5.74, 6) is -2.26. The highest BCUT2D eigenvalue weighted by molar-refractivity contribution is 7.92. The van der Waals surface area contributed by atoms with Crippen LogP contribution in [-0.4, -0.2) is 38.0 Å². The third kappa shape index (κ3) is 2.33. The second-order valence-electron chi connectivity index (χ2n) is 5.29. The van der Waals surface area contributed by atoms with Gasteiger partial charge in [0, 0.05) is 5.92 Å². The Morgan fingerprint density at radius 1 is 1.32 bits per heavy atom. The number of ether oxygens (including phenoxy) is 2. The maximum Gasteiger partial charge on any atom is 0.404 e. The van der Waals surface area contributed by atoms with Crippen molar-refractivity contribution in [1.29, 1.82) is 0 Å². The Kier molecular flexibility index (Phi) is 3.13. The Hall–Kier alpha value is -0.830. The van der Waals surface area contributed by atoms with Crippen molar-refractivity contribution < 1.29 is 35.9 Å². The lowest BCUT2D eigenvalue weighted by molar-refractivity contribution is -0.239. The van der Waals surface area contributed by atoms with Crippen molar-refractivity contribution in [2.45, 2.75) is 38.2 Å². The smallest absolute Gasteiger partial charge is 0.404 e. The predicted molar refractivity (Wildman–Crippen MR) is 56.5 cm³/mol. The molecule has 2 saturated heterocycles. The van der Waals surface area contributed by atoms with Gasteiger partial charge in [-0.1, -0.05) is 0 Å². The first-order valence-electron chi connectivity index (χ1n) is 5.60. The number of alkyl halides is 3. The number of hydrogen-bond donors (Lipinski definition) is 0. The molecule has 5 nitrogen and oxygen atoms in total. The minimum Gasteiger partial charge on any atom is -0.435 e. The molecule has 0 spiro atoms. The summed E-state index contributed by atoms with van der Waals surface area (Å²) in [4.78, 5) is 11.5. The first-order chi connectivity index (χ1) is 8.45. The molecule has 2 bridgehead atoms. The highest BCUT2D eigenvalue weighted by atomic mass is 32.2.